The topological polar surface area (TPSA) is 57.6 Å². The fourth-order valence-electron chi connectivity index (χ4n) is 2.07. The number of hydrogen-bond donors (Lipinski definition) is 1. The minimum atomic E-state index is -1.13. The summed E-state index contributed by atoms with van der Waals surface area (Å²) in [5.74, 6) is -1.50. The van der Waals surface area contributed by atoms with E-state index in [0.29, 0.717) is 13.0 Å². The minimum absolute atomic E-state index is 0.104. The van der Waals surface area contributed by atoms with Crippen LogP contribution in [-0.2, 0) is 16.1 Å². The molecule has 0 aliphatic carbocycles. The number of benzene rings is 1. The maximum Gasteiger partial charge on any atom is 0.328 e. The summed E-state index contributed by atoms with van der Waals surface area (Å²) in [6.45, 7) is 1.16. The normalized spacial score (nSPS) is 15.4. The summed E-state index contributed by atoms with van der Waals surface area (Å²) in [4.78, 5) is 23.7. The van der Waals surface area contributed by atoms with Crippen molar-refractivity contribution >= 4 is 18.0 Å². The summed E-state index contributed by atoms with van der Waals surface area (Å²) < 4.78 is 13.5. The van der Waals surface area contributed by atoms with E-state index in [4.69, 9.17) is 5.11 Å². The summed E-state index contributed by atoms with van der Waals surface area (Å²) in [7, 11) is 0. The highest BCUT2D eigenvalue weighted by atomic mass is 19.1. The number of likely N-dealkylation sites (tertiary alicyclic amines) is 1. The van der Waals surface area contributed by atoms with Crippen LogP contribution in [0.3, 0.4) is 0 Å². The zero-order valence-electron chi connectivity index (χ0n) is 10.3. The SMILES string of the molecule is O=C(O)/C=C/c1cc(CN2CCCC2=O)ccc1F. The van der Waals surface area contributed by atoms with Gasteiger partial charge >= 0.3 is 5.97 Å². The van der Waals surface area contributed by atoms with Gasteiger partial charge in [-0.2, -0.15) is 0 Å². The second-order valence-corrected chi connectivity index (χ2v) is 4.45. The van der Waals surface area contributed by atoms with Gasteiger partial charge in [0.2, 0.25) is 5.91 Å². The van der Waals surface area contributed by atoms with Gasteiger partial charge in [0.15, 0.2) is 0 Å². The van der Waals surface area contributed by atoms with Crippen LogP contribution in [0.15, 0.2) is 24.3 Å². The van der Waals surface area contributed by atoms with Crippen LogP contribution < -0.4 is 0 Å². The van der Waals surface area contributed by atoms with Crippen molar-refractivity contribution in [2.45, 2.75) is 19.4 Å². The molecule has 1 aromatic rings. The molecule has 1 N–H and O–H groups in total. The summed E-state index contributed by atoms with van der Waals surface area (Å²) >= 11 is 0. The Morgan fingerprint density at radius 2 is 2.26 bits per heavy atom. The molecule has 0 unspecified atom stereocenters. The molecule has 1 amide bonds. The molecule has 5 heteroatoms. The number of nitrogens with zero attached hydrogens (tertiary/aromatic N) is 1. The monoisotopic (exact) mass is 263 g/mol. The Morgan fingerprint density at radius 3 is 2.89 bits per heavy atom. The molecule has 0 radical (unpaired) electrons. The molecular weight excluding hydrogens is 249 g/mol. The zero-order chi connectivity index (χ0) is 13.8. The largest absolute Gasteiger partial charge is 0.478 e. The van der Waals surface area contributed by atoms with Crippen LogP contribution in [0.1, 0.15) is 24.0 Å². The minimum Gasteiger partial charge on any atom is -0.478 e. The summed E-state index contributed by atoms with van der Waals surface area (Å²) in [5, 5.41) is 8.54. The second-order valence-electron chi connectivity index (χ2n) is 4.45. The van der Waals surface area contributed by atoms with Gasteiger partial charge in [-0.25, -0.2) is 9.18 Å². The molecule has 0 bridgehead atoms. The number of hydrogen-bond acceptors (Lipinski definition) is 2. The maximum absolute atomic E-state index is 13.5. The Balaban J connectivity index is 2.16. The molecule has 1 aliphatic heterocycles. The number of halogens is 1. The van der Waals surface area contributed by atoms with Crippen LogP contribution in [0, 0.1) is 5.82 Å². The molecule has 2 rings (SSSR count). The van der Waals surface area contributed by atoms with E-state index >= 15 is 0 Å². The van der Waals surface area contributed by atoms with Gasteiger partial charge in [0.05, 0.1) is 0 Å². The zero-order valence-corrected chi connectivity index (χ0v) is 10.3. The lowest BCUT2D eigenvalue weighted by atomic mass is 10.1. The van der Waals surface area contributed by atoms with E-state index in [1.54, 1.807) is 17.0 Å². The number of carboxylic acids is 1. The third-order valence-electron chi connectivity index (χ3n) is 3.01. The van der Waals surface area contributed by atoms with Crippen LogP contribution in [0.2, 0.25) is 0 Å². The highest BCUT2D eigenvalue weighted by Crippen LogP contribution is 2.17. The lowest BCUT2D eigenvalue weighted by Gasteiger charge is -2.15. The van der Waals surface area contributed by atoms with Crippen molar-refractivity contribution in [1.82, 2.24) is 4.90 Å². The first-order valence-corrected chi connectivity index (χ1v) is 6.03. The molecule has 19 heavy (non-hydrogen) atoms. The van der Waals surface area contributed by atoms with E-state index in [0.717, 1.165) is 24.6 Å². The van der Waals surface area contributed by atoms with Crippen LogP contribution in [0.5, 0.6) is 0 Å². The smallest absolute Gasteiger partial charge is 0.328 e. The predicted molar refractivity (Wildman–Crippen MR) is 67.7 cm³/mol. The van der Waals surface area contributed by atoms with E-state index < -0.39 is 11.8 Å². The number of rotatable bonds is 4. The first-order valence-electron chi connectivity index (χ1n) is 6.03. The van der Waals surface area contributed by atoms with Crippen molar-refractivity contribution in [1.29, 1.82) is 0 Å². The van der Waals surface area contributed by atoms with Crippen LogP contribution >= 0.6 is 0 Å². The molecule has 1 aliphatic rings. The van der Waals surface area contributed by atoms with Crippen LogP contribution in [0.4, 0.5) is 4.39 Å². The Labute approximate surface area is 110 Å². The highest BCUT2D eigenvalue weighted by Gasteiger charge is 2.20. The molecule has 0 atom stereocenters. The van der Waals surface area contributed by atoms with E-state index in [1.165, 1.54) is 12.1 Å². The first-order chi connectivity index (χ1) is 9.06. The van der Waals surface area contributed by atoms with Crippen LogP contribution in [0.25, 0.3) is 6.08 Å². The van der Waals surface area contributed by atoms with Gasteiger partial charge in [0, 0.05) is 31.1 Å². The van der Waals surface area contributed by atoms with Crippen molar-refractivity contribution in [2.75, 3.05) is 6.54 Å². The van der Waals surface area contributed by atoms with Gasteiger partial charge in [0.25, 0.3) is 0 Å². The Kier molecular flexibility index (Phi) is 3.94. The number of aliphatic carboxylic acids is 1. The third-order valence-corrected chi connectivity index (χ3v) is 3.01. The molecule has 1 aromatic carbocycles. The molecule has 1 heterocycles. The van der Waals surface area contributed by atoms with Crippen molar-refractivity contribution in [3.8, 4) is 0 Å². The Bertz CT molecular complexity index is 539. The van der Waals surface area contributed by atoms with E-state index in [2.05, 4.69) is 0 Å². The van der Waals surface area contributed by atoms with E-state index in [-0.39, 0.29) is 11.5 Å². The van der Waals surface area contributed by atoms with Gasteiger partial charge in [-0.15, -0.1) is 0 Å². The number of carboxylic acid groups (broad SMARTS) is 1. The maximum atomic E-state index is 13.5. The number of carbonyl (C=O) groups is 2. The molecule has 4 nitrogen and oxygen atoms in total. The molecule has 100 valence electrons. The molecule has 0 aromatic heterocycles. The summed E-state index contributed by atoms with van der Waals surface area (Å²) in [6, 6.07) is 4.47. The fraction of sp³-hybridized carbons (Fsp3) is 0.286. The quantitative estimate of drug-likeness (QED) is 0.846. The van der Waals surface area contributed by atoms with Gasteiger partial charge in [0.1, 0.15) is 5.82 Å². The van der Waals surface area contributed by atoms with Crippen molar-refractivity contribution in [3.05, 3.63) is 41.2 Å². The number of amides is 1. The van der Waals surface area contributed by atoms with Gasteiger partial charge in [-0.05, 0) is 30.2 Å². The molecular formula is C14H14FNO3. The summed E-state index contributed by atoms with van der Waals surface area (Å²) in [6.07, 6.45) is 3.52. The fourth-order valence-corrected chi connectivity index (χ4v) is 2.07. The van der Waals surface area contributed by atoms with Gasteiger partial charge in [-0.1, -0.05) is 6.07 Å². The van der Waals surface area contributed by atoms with Gasteiger partial charge < -0.3 is 10.0 Å². The van der Waals surface area contributed by atoms with Crippen LogP contribution in [-0.4, -0.2) is 28.4 Å². The molecule has 0 spiro atoms. The lowest BCUT2D eigenvalue weighted by molar-refractivity contribution is -0.131. The molecule has 1 saturated heterocycles. The molecule has 0 saturated carbocycles. The van der Waals surface area contributed by atoms with Gasteiger partial charge in [-0.3, -0.25) is 4.79 Å². The van der Waals surface area contributed by atoms with Crippen molar-refractivity contribution in [3.63, 3.8) is 0 Å². The third kappa shape index (κ3) is 3.40. The number of carbonyl (C=O) groups excluding carboxylic acids is 1. The standard InChI is InChI=1S/C14H14FNO3/c15-12-5-3-10(8-11(12)4-6-14(18)19)9-16-7-1-2-13(16)17/h3-6,8H,1-2,7,9H2,(H,18,19)/b6-4+. The Morgan fingerprint density at radius 1 is 1.47 bits per heavy atom. The second kappa shape index (κ2) is 5.65. The van der Waals surface area contributed by atoms with Crippen molar-refractivity contribution in [2.24, 2.45) is 0 Å². The first kappa shape index (κ1) is 13.3. The Hall–Kier alpha value is -2.17. The molecule has 1 fully saturated rings. The highest BCUT2D eigenvalue weighted by molar-refractivity contribution is 5.85. The summed E-state index contributed by atoms with van der Waals surface area (Å²) in [5.41, 5.74) is 1.01. The van der Waals surface area contributed by atoms with E-state index in [9.17, 15) is 14.0 Å². The van der Waals surface area contributed by atoms with E-state index in [1.807, 2.05) is 0 Å². The predicted octanol–water partition coefficient (Wildman–Crippen LogP) is 2.05. The average molecular weight is 263 g/mol. The average Bonchev–Trinajstić information content (AvgIpc) is 2.75. The van der Waals surface area contributed by atoms with Crippen molar-refractivity contribution < 1.29 is 19.1 Å². The lowest BCUT2D eigenvalue weighted by Crippen LogP contribution is -2.23.